The maximum Gasteiger partial charge on any atom is 0.162 e. The molecule has 2 heterocycles. The van der Waals surface area contributed by atoms with E-state index < -0.39 is 0 Å². The summed E-state index contributed by atoms with van der Waals surface area (Å²) in [6, 6.07) is 25.1. The molecule has 0 atom stereocenters. The Morgan fingerprint density at radius 2 is 1.60 bits per heavy atom. The van der Waals surface area contributed by atoms with Crippen LogP contribution in [-0.2, 0) is 43.2 Å². The third kappa shape index (κ3) is 7.63. The average molecular weight is 807 g/mol. The average Bonchev–Trinajstić information content (AvgIpc) is 3.45. The molecule has 0 aliphatic heterocycles. The predicted molar refractivity (Wildman–Crippen MR) is 191 cm³/mol. The molecule has 0 unspecified atom stereocenters. The van der Waals surface area contributed by atoms with E-state index in [0.717, 1.165) is 71.9 Å². The Labute approximate surface area is 294 Å². The Morgan fingerprint density at radius 1 is 0.936 bits per heavy atom. The maximum atomic E-state index is 11.7. The zero-order valence-electron chi connectivity index (χ0n) is 28.9. The van der Waals surface area contributed by atoms with Crippen LogP contribution < -0.4 is 0 Å². The quantitative estimate of drug-likeness (QED) is 0.0964. The van der Waals surface area contributed by atoms with Crippen molar-refractivity contribution in [2.45, 2.75) is 92.4 Å². The number of allylic oxidation sites excluding steroid dienone is 2. The molecule has 0 saturated carbocycles. The van der Waals surface area contributed by atoms with Gasteiger partial charge in [-0.25, -0.2) is 0 Å². The molecule has 0 fully saturated rings. The molecule has 2 aromatic heterocycles. The topological polar surface area (TPSA) is 63.3 Å². The van der Waals surface area contributed by atoms with E-state index in [1.807, 2.05) is 40.0 Å². The minimum Gasteiger partial charge on any atom is -0.512 e. The van der Waals surface area contributed by atoms with Crippen LogP contribution in [0.4, 0.5) is 0 Å². The van der Waals surface area contributed by atoms with Gasteiger partial charge in [0.2, 0.25) is 0 Å². The number of hydrogen-bond donors (Lipinski definition) is 1. The summed E-state index contributed by atoms with van der Waals surface area (Å²) in [4.78, 5) is 16.6. The third-order valence-electron chi connectivity index (χ3n) is 9.50. The van der Waals surface area contributed by atoms with Gasteiger partial charge in [0.15, 0.2) is 5.78 Å². The zero-order valence-corrected chi connectivity index (χ0v) is 31.3. The Hall–Kier alpha value is -3.53. The molecule has 5 heteroatoms. The van der Waals surface area contributed by atoms with Gasteiger partial charge in [0.05, 0.1) is 5.76 Å². The molecule has 3 aromatic carbocycles. The van der Waals surface area contributed by atoms with Gasteiger partial charge < -0.3 is 9.52 Å². The van der Waals surface area contributed by atoms with E-state index in [9.17, 15) is 9.90 Å². The first-order valence-electron chi connectivity index (χ1n) is 17.0. The van der Waals surface area contributed by atoms with Crippen LogP contribution in [0.2, 0.25) is 0 Å². The minimum absolute atomic E-state index is 0. The first kappa shape index (κ1) is 36.3. The van der Waals surface area contributed by atoms with Gasteiger partial charge >= 0.3 is 0 Å². The van der Waals surface area contributed by atoms with Crippen LogP contribution in [0.5, 0.6) is 0 Å². The summed E-state index contributed by atoms with van der Waals surface area (Å²) in [6.07, 6.45) is 8.71. The number of benzene rings is 3. The van der Waals surface area contributed by atoms with Crippen molar-refractivity contribution in [2.75, 3.05) is 0 Å². The Kier molecular flexibility index (Phi) is 12.0. The molecule has 0 saturated heterocycles. The maximum absolute atomic E-state index is 11.7. The SMILES string of the molecule is CC(C)(C)c1cc(-c2nccc3oc4c(c23)-c2ccccc2CC4)[c-]c2ccccc12.CCC(CC)C(=O)/C=C(\O)C(CC)CC.[Ir]. The number of nitrogens with zero attached hydrogens (tertiary/aromatic N) is 1. The second-order valence-corrected chi connectivity index (χ2v) is 13.5. The van der Waals surface area contributed by atoms with Crippen LogP contribution >= 0.6 is 0 Å². The molecule has 0 amide bonds. The van der Waals surface area contributed by atoms with Gasteiger partial charge in [-0.3, -0.25) is 9.78 Å². The molecule has 4 nitrogen and oxygen atoms in total. The summed E-state index contributed by atoms with van der Waals surface area (Å²) in [5.74, 6) is 1.62. The van der Waals surface area contributed by atoms with Crippen molar-refractivity contribution < 1.29 is 34.4 Å². The summed E-state index contributed by atoms with van der Waals surface area (Å²) in [5.41, 5.74) is 8.08. The Bertz CT molecular complexity index is 1870. The Balaban J connectivity index is 0.000000269. The van der Waals surface area contributed by atoms with Crippen LogP contribution in [0.1, 0.15) is 91.0 Å². The van der Waals surface area contributed by atoms with Gasteiger partial charge in [0.25, 0.3) is 0 Å². The van der Waals surface area contributed by atoms with E-state index >= 15 is 0 Å². The van der Waals surface area contributed by atoms with Gasteiger partial charge in [0, 0.05) is 67.3 Å². The molecular formula is C42H48IrNO3-. The number of carbonyl (C=O) groups is 1. The summed E-state index contributed by atoms with van der Waals surface area (Å²) >= 11 is 0. The molecule has 0 spiro atoms. The first-order valence-corrected chi connectivity index (χ1v) is 17.0. The Morgan fingerprint density at radius 3 is 2.28 bits per heavy atom. The summed E-state index contributed by atoms with van der Waals surface area (Å²) < 4.78 is 6.34. The van der Waals surface area contributed by atoms with Gasteiger partial charge in [0.1, 0.15) is 11.3 Å². The predicted octanol–water partition coefficient (Wildman–Crippen LogP) is 11.4. The first-order chi connectivity index (χ1) is 22.1. The van der Waals surface area contributed by atoms with Crippen molar-refractivity contribution in [3.8, 4) is 22.4 Å². The van der Waals surface area contributed by atoms with E-state index in [4.69, 9.17) is 9.40 Å². The number of rotatable bonds is 8. The van der Waals surface area contributed by atoms with Crippen molar-refractivity contribution in [3.63, 3.8) is 0 Å². The number of hydrogen-bond acceptors (Lipinski definition) is 4. The van der Waals surface area contributed by atoms with Gasteiger partial charge in [-0.05, 0) is 54.7 Å². The zero-order chi connectivity index (χ0) is 33.0. The van der Waals surface area contributed by atoms with Crippen molar-refractivity contribution in [3.05, 3.63) is 102 Å². The molecule has 1 aliphatic rings. The monoisotopic (exact) mass is 807 g/mol. The number of carbonyl (C=O) groups excluding carboxylic acids is 1. The van der Waals surface area contributed by atoms with Gasteiger partial charge in [-0.1, -0.05) is 102 Å². The molecule has 6 rings (SSSR count). The van der Waals surface area contributed by atoms with Gasteiger partial charge in [-0.15, -0.1) is 29.1 Å². The smallest absolute Gasteiger partial charge is 0.162 e. The van der Waals surface area contributed by atoms with Crippen molar-refractivity contribution >= 4 is 27.5 Å². The van der Waals surface area contributed by atoms with Crippen LogP contribution in [0.3, 0.4) is 0 Å². The largest absolute Gasteiger partial charge is 0.512 e. The molecule has 1 N–H and O–H groups in total. The van der Waals surface area contributed by atoms with Crippen LogP contribution in [0, 0.1) is 17.9 Å². The van der Waals surface area contributed by atoms with E-state index in [-0.39, 0.29) is 48.9 Å². The number of aliphatic hydroxyl groups excluding tert-OH is 1. The number of aryl methyl sites for hydroxylation is 2. The van der Waals surface area contributed by atoms with E-state index in [2.05, 4.69) is 81.4 Å². The van der Waals surface area contributed by atoms with Gasteiger partial charge in [-0.2, -0.15) is 0 Å². The van der Waals surface area contributed by atoms with Crippen LogP contribution in [-0.4, -0.2) is 15.9 Å². The van der Waals surface area contributed by atoms with Crippen molar-refractivity contribution in [1.29, 1.82) is 0 Å². The fourth-order valence-corrected chi connectivity index (χ4v) is 6.75. The molecule has 1 aliphatic carbocycles. The van der Waals surface area contributed by atoms with E-state index in [0.29, 0.717) is 0 Å². The fraction of sp³-hybridized carbons (Fsp3) is 0.381. The molecule has 249 valence electrons. The van der Waals surface area contributed by atoms with Crippen LogP contribution in [0.15, 0.2) is 83.1 Å². The van der Waals surface area contributed by atoms with E-state index in [1.54, 1.807) is 0 Å². The molecule has 47 heavy (non-hydrogen) atoms. The number of furan rings is 1. The second-order valence-electron chi connectivity index (χ2n) is 13.5. The minimum atomic E-state index is 0. The standard InChI is InChI=1S/C29H24NO.C13H24O2.Ir/c1-29(2,3)23-17-20(16-19-9-5-6-10-21(19)23)28-27-25(14-15-30-28)31-24-13-12-18-8-4-7-11-22(18)26(24)27;1-5-10(6-2)12(14)9-13(15)11(7-3)8-4;/h4-11,14-15,17H,12-13H2,1-3H3;9-11,14H,5-8H2,1-4H3;/q-1;;/b;12-9-;. The summed E-state index contributed by atoms with van der Waals surface area (Å²) in [7, 11) is 0. The van der Waals surface area contributed by atoms with Crippen molar-refractivity contribution in [2.24, 2.45) is 11.8 Å². The van der Waals surface area contributed by atoms with Crippen LogP contribution in [0.25, 0.3) is 44.1 Å². The molecule has 5 aromatic rings. The second kappa shape index (κ2) is 15.6. The number of fused-ring (bicyclic) bond motifs is 6. The number of aliphatic hydroxyl groups is 1. The van der Waals surface area contributed by atoms with Crippen molar-refractivity contribution in [1.82, 2.24) is 4.98 Å². The molecular weight excluding hydrogens is 759 g/mol. The summed E-state index contributed by atoms with van der Waals surface area (Å²) in [6.45, 7) is 14.9. The molecule has 1 radical (unpaired) electrons. The normalized spacial score (nSPS) is 12.8. The number of ketones is 1. The fourth-order valence-electron chi connectivity index (χ4n) is 6.75. The number of aromatic nitrogens is 1. The third-order valence-corrected chi connectivity index (χ3v) is 9.50. The van der Waals surface area contributed by atoms with E-state index in [1.165, 1.54) is 33.7 Å². The molecule has 0 bridgehead atoms. The number of pyridine rings is 1. The summed E-state index contributed by atoms with van der Waals surface area (Å²) in [5, 5.41) is 13.2.